The highest BCUT2D eigenvalue weighted by molar-refractivity contribution is 6.77. The summed E-state index contributed by atoms with van der Waals surface area (Å²) >= 11 is 0. The van der Waals surface area contributed by atoms with Crippen molar-refractivity contribution in [1.29, 1.82) is 0 Å². The van der Waals surface area contributed by atoms with Gasteiger partial charge in [-0.25, -0.2) is 0 Å². The third-order valence-electron chi connectivity index (χ3n) is 9.49. The van der Waals surface area contributed by atoms with Crippen LogP contribution in [0.5, 0.6) is 0 Å². The molecule has 4 N–H and O–H groups in total. The van der Waals surface area contributed by atoms with Crippen molar-refractivity contribution in [1.82, 2.24) is 24.9 Å². The maximum absolute atomic E-state index is 13.0. The quantitative estimate of drug-likeness (QED) is 0.0979. The number of carbonyl (C=O) groups excluding carboxylic acids is 1. The van der Waals surface area contributed by atoms with Crippen LogP contribution < -0.4 is 5.32 Å². The van der Waals surface area contributed by atoms with Crippen LogP contribution in [0.15, 0.2) is 12.2 Å². The van der Waals surface area contributed by atoms with E-state index in [4.69, 9.17) is 9.47 Å². The van der Waals surface area contributed by atoms with E-state index in [1.165, 1.54) is 12.1 Å². The van der Waals surface area contributed by atoms with E-state index >= 15 is 0 Å². The first-order valence-corrected chi connectivity index (χ1v) is 21.0. The Morgan fingerprint density at radius 1 is 0.735 bits per heavy atom. The first-order chi connectivity index (χ1) is 22.9. The summed E-state index contributed by atoms with van der Waals surface area (Å²) in [7, 11) is -1.24. The molecule has 282 valence electrons. The Morgan fingerprint density at radius 2 is 1.18 bits per heavy atom. The normalized spacial score (nSPS) is 21.3. The maximum Gasteiger partial charge on any atom is 0.317 e. The Hall–Kier alpha value is -2.40. The summed E-state index contributed by atoms with van der Waals surface area (Å²) in [5.41, 5.74) is -0.694. The molecule has 0 bridgehead atoms. The zero-order valence-electron chi connectivity index (χ0n) is 30.7. The van der Waals surface area contributed by atoms with E-state index in [-0.39, 0.29) is 37.7 Å². The number of carboxylic acid groups (broad SMARTS) is 3. The molecule has 0 aromatic heterocycles. The fraction of sp³-hybridized carbons (Fsp3) is 0.824. The first-order valence-electron chi connectivity index (χ1n) is 17.6. The van der Waals surface area contributed by atoms with E-state index in [1.54, 1.807) is 14.7 Å². The molecule has 1 amide bonds. The lowest BCUT2D eigenvalue weighted by Gasteiger charge is -2.37. The van der Waals surface area contributed by atoms with Crippen molar-refractivity contribution in [2.24, 2.45) is 5.92 Å². The molecule has 0 radical (unpaired) electrons. The number of ether oxygens (including phenoxy) is 2. The molecule has 0 aromatic rings. The third-order valence-corrected chi connectivity index (χ3v) is 12.7. The number of nitrogens with one attached hydrogen (secondary N) is 1. The predicted octanol–water partition coefficient (Wildman–Crippen LogP) is 1.84. The van der Waals surface area contributed by atoms with Crippen molar-refractivity contribution >= 4 is 31.9 Å². The summed E-state index contributed by atoms with van der Waals surface area (Å²) in [6.45, 7) is 16.8. The van der Waals surface area contributed by atoms with Crippen molar-refractivity contribution in [3.05, 3.63) is 12.2 Å². The van der Waals surface area contributed by atoms with Crippen LogP contribution in [0.1, 0.15) is 40.5 Å². The minimum Gasteiger partial charge on any atom is -0.480 e. The Balaban J connectivity index is 1.87. The monoisotopic (exact) mass is 713 g/mol. The average molecular weight is 714 g/mol. The molecule has 15 heteroatoms. The Morgan fingerprint density at radius 3 is 1.63 bits per heavy atom. The number of nitrogens with zero attached hydrogens (tertiary/aromatic N) is 4. The molecule has 2 heterocycles. The van der Waals surface area contributed by atoms with Gasteiger partial charge in [0, 0.05) is 72.9 Å². The van der Waals surface area contributed by atoms with Crippen LogP contribution in [0.4, 0.5) is 0 Å². The van der Waals surface area contributed by atoms with Gasteiger partial charge in [-0.05, 0) is 46.6 Å². The van der Waals surface area contributed by atoms with Gasteiger partial charge in [-0.1, -0.05) is 31.3 Å². The van der Waals surface area contributed by atoms with E-state index in [2.05, 4.69) is 44.4 Å². The van der Waals surface area contributed by atoms with Gasteiger partial charge in [-0.15, -0.1) is 0 Å². The van der Waals surface area contributed by atoms with Gasteiger partial charge >= 0.3 is 17.9 Å². The molecule has 14 nitrogen and oxygen atoms in total. The minimum absolute atomic E-state index is 0.0640. The molecule has 2 aliphatic rings. The Kier molecular flexibility index (Phi) is 17.8. The van der Waals surface area contributed by atoms with Gasteiger partial charge < -0.3 is 30.1 Å². The average Bonchev–Trinajstić information content (AvgIpc) is 3.16. The largest absolute Gasteiger partial charge is 0.480 e. The van der Waals surface area contributed by atoms with Gasteiger partial charge in [0.05, 0.1) is 50.6 Å². The summed E-state index contributed by atoms with van der Waals surface area (Å²) in [4.78, 5) is 54.4. The summed E-state index contributed by atoms with van der Waals surface area (Å²) in [6.07, 6.45) is 6.54. The molecule has 0 spiro atoms. The maximum atomic E-state index is 13.0. The Labute approximate surface area is 293 Å². The summed E-state index contributed by atoms with van der Waals surface area (Å²) < 4.78 is 12.6. The van der Waals surface area contributed by atoms with Crippen LogP contribution >= 0.6 is 0 Å². The molecule has 0 aliphatic carbocycles. The summed E-state index contributed by atoms with van der Waals surface area (Å²) in [5, 5.41) is 31.1. The number of hydrogen-bond donors (Lipinski definition) is 4. The number of carboxylic acids is 3. The molecular formula is C34H63N5O9Si. The van der Waals surface area contributed by atoms with Gasteiger partial charge in [-0.2, -0.15) is 0 Å². The molecule has 0 saturated carbocycles. The molecular weight excluding hydrogens is 650 g/mol. The molecule has 1 fully saturated rings. The number of aliphatic carboxylic acids is 3. The second kappa shape index (κ2) is 20.4. The van der Waals surface area contributed by atoms with E-state index in [1.807, 2.05) is 18.7 Å². The molecule has 1 saturated heterocycles. The Bertz CT molecular complexity index is 1070. The number of rotatable bonds is 17. The van der Waals surface area contributed by atoms with E-state index in [9.17, 15) is 34.5 Å². The molecule has 2 rings (SSSR count). The first kappa shape index (κ1) is 42.8. The van der Waals surface area contributed by atoms with E-state index < -0.39 is 31.6 Å². The minimum atomic E-state index is -1.24. The van der Waals surface area contributed by atoms with Crippen LogP contribution in [0, 0.1) is 5.92 Å². The van der Waals surface area contributed by atoms with Crippen LogP contribution in [-0.2, 0) is 28.7 Å². The third kappa shape index (κ3) is 18.4. The topological polar surface area (TPSA) is 172 Å². The van der Waals surface area contributed by atoms with Crippen molar-refractivity contribution in [3.63, 3.8) is 0 Å². The fourth-order valence-electron chi connectivity index (χ4n) is 6.28. The molecule has 0 aromatic carbocycles. The van der Waals surface area contributed by atoms with Crippen LogP contribution in [0.25, 0.3) is 0 Å². The van der Waals surface area contributed by atoms with Crippen LogP contribution in [0.2, 0.25) is 25.2 Å². The standard InChI is InChI=1S/C34H63N5O9Si/c1-33(2,10-20-48-34(3,4)28-9-7-8-22-49(5,6)27-28)47-21-11-35-29(40)23-36-12-14-37(24-30(41)42)16-18-39(26-32(45)46)19-17-38(15-13-36)25-31(43)44/h7,9,28H,8,10-27H2,1-6H3,(H,35,40)(H,41,42)(H,43,44)(H,45,46). The lowest BCUT2D eigenvalue weighted by atomic mass is 9.91. The second-order valence-electron chi connectivity index (χ2n) is 15.4. The predicted molar refractivity (Wildman–Crippen MR) is 191 cm³/mol. The van der Waals surface area contributed by atoms with Crippen molar-refractivity contribution < 1.29 is 44.0 Å². The molecule has 49 heavy (non-hydrogen) atoms. The highest BCUT2D eigenvalue weighted by Gasteiger charge is 2.36. The number of amides is 1. The smallest absolute Gasteiger partial charge is 0.317 e. The highest BCUT2D eigenvalue weighted by Crippen LogP contribution is 2.36. The lowest BCUT2D eigenvalue weighted by molar-refractivity contribution is -0.140. The number of carbonyl (C=O) groups is 4. The van der Waals surface area contributed by atoms with Crippen LogP contribution in [0.3, 0.4) is 0 Å². The lowest BCUT2D eigenvalue weighted by Crippen LogP contribution is -2.50. The highest BCUT2D eigenvalue weighted by atomic mass is 28.3. The molecule has 1 atom stereocenters. The van der Waals surface area contributed by atoms with Crippen molar-refractivity contribution in [3.8, 4) is 0 Å². The van der Waals surface area contributed by atoms with Gasteiger partial charge in [-0.3, -0.25) is 38.8 Å². The molecule has 1 unspecified atom stereocenters. The second-order valence-corrected chi connectivity index (χ2v) is 20.6. The van der Waals surface area contributed by atoms with Gasteiger partial charge in [0.25, 0.3) is 0 Å². The molecule has 2 aliphatic heterocycles. The SMILES string of the molecule is CC(C)(CCOC(C)(C)C1C=CCC[Si](C)(C)C1)OCCNC(=O)CN1CCN(CC(=O)O)CCN(CC(=O)O)CCN(CC(=O)O)CC1. The zero-order valence-corrected chi connectivity index (χ0v) is 31.7. The number of allylic oxidation sites excluding steroid dienone is 1. The van der Waals surface area contributed by atoms with Gasteiger partial charge in [0.1, 0.15) is 0 Å². The number of hydrogen-bond acceptors (Lipinski definition) is 10. The van der Waals surface area contributed by atoms with E-state index in [0.717, 1.165) is 6.42 Å². The summed E-state index contributed by atoms with van der Waals surface area (Å²) in [6, 6.07) is 2.54. The van der Waals surface area contributed by atoms with Gasteiger partial charge in [0.2, 0.25) is 5.91 Å². The zero-order chi connectivity index (χ0) is 36.7. The summed E-state index contributed by atoms with van der Waals surface area (Å²) in [5.74, 6) is -2.79. The van der Waals surface area contributed by atoms with Crippen molar-refractivity contribution in [2.45, 2.75) is 76.9 Å². The van der Waals surface area contributed by atoms with Crippen molar-refractivity contribution in [2.75, 3.05) is 98.3 Å². The fourth-order valence-corrected chi connectivity index (χ4v) is 9.25. The van der Waals surface area contributed by atoms with E-state index in [0.29, 0.717) is 84.5 Å². The van der Waals surface area contributed by atoms with Gasteiger partial charge in [0.15, 0.2) is 0 Å². The van der Waals surface area contributed by atoms with Crippen LogP contribution in [-0.4, -0.2) is 176 Å².